The van der Waals surface area contributed by atoms with Crippen molar-refractivity contribution in [3.05, 3.63) is 50.6 Å². The molecule has 0 saturated heterocycles. The monoisotopic (exact) mass is 336 g/mol. The molecular formula is C10H7ClFIN2. The summed E-state index contributed by atoms with van der Waals surface area (Å²) in [6.07, 6.45) is 1.76. The van der Waals surface area contributed by atoms with Crippen molar-refractivity contribution in [3.8, 4) is 0 Å². The van der Waals surface area contributed by atoms with Gasteiger partial charge < -0.3 is 0 Å². The molecule has 0 radical (unpaired) electrons. The third-order valence-corrected chi connectivity index (χ3v) is 3.33. The molecule has 0 aliphatic heterocycles. The van der Waals surface area contributed by atoms with E-state index in [0.29, 0.717) is 11.6 Å². The third kappa shape index (κ3) is 2.69. The standard InChI is InChI=1S/C10H7ClFIN2/c11-9-6-15(14-10(9)13)5-7-1-3-8(12)4-2-7/h1-4,6H,5H2. The Kier molecular flexibility index (Phi) is 3.25. The third-order valence-electron chi connectivity index (χ3n) is 1.93. The van der Waals surface area contributed by atoms with Gasteiger partial charge >= 0.3 is 0 Å². The summed E-state index contributed by atoms with van der Waals surface area (Å²) in [4.78, 5) is 0. The molecule has 0 N–H and O–H groups in total. The second-order valence-electron chi connectivity index (χ2n) is 3.09. The Morgan fingerprint density at radius 1 is 1.33 bits per heavy atom. The van der Waals surface area contributed by atoms with Crippen LogP contribution < -0.4 is 0 Å². The van der Waals surface area contributed by atoms with Gasteiger partial charge in [0.05, 0.1) is 11.6 Å². The quantitative estimate of drug-likeness (QED) is 0.769. The molecule has 0 unspecified atom stereocenters. The van der Waals surface area contributed by atoms with E-state index >= 15 is 0 Å². The Morgan fingerprint density at radius 3 is 2.53 bits per heavy atom. The van der Waals surface area contributed by atoms with Crippen LogP contribution in [0.4, 0.5) is 4.39 Å². The number of halogens is 3. The molecule has 0 aliphatic rings. The highest BCUT2D eigenvalue weighted by atomic mass is 127. The molecule has 0 saturated carbocycles. The number of hydrogen-bond donors (Lipinski definition) is 0. The maximum absolute atomic E-state index is 12.6. The van der Waals surface area contributed by atoms with Gasteiger partial charge in [0.1, 0.15) is 9.52 Å². The van der Waals surface area contributed by atoms with Gasteiger partial charge in [0, 0.05) is 6.20 Å². The smallest absolute Gasteiger partial charge is 0.141 e. The zero-order valence-corrected chi connectivity index (χ0v) is 10.5. The topological polar surface area (TPSA) is 17.8 Å². The predicted octanol–water partition coefficient (Wildman–Crippen LogP) is 3.33. The van der Waals surface area contributed by atoms with Crippen LogP contribution in [0.2, 0.25) is 5.02 Å². The average molecular weight is 337 g/mol. The lowest BCUT2D eigenvalue weighted by Crippen LogP contribution is -2.00. The van der Waals surface area contributed by atoms with Crippen LogP contribution in [0.3, 0.4) is 0 Å². The molecule has 78 valence electrons. The fourth-order valence-electron chi connectivity index (χ4n) is 1.23. The summed E-state index contributed by atoms with van der Waals surface area (Å²) in [6, 6.07) is 6.34. The Labute approximate surface area is 105 Å². The van der Waals surface area contributed by atoms with Crippen molar-refractivity contribution in [2.24, 2.45) is 0 Å². The first-order valence-corrected chi connectivity index (χ1v) is 5.74. The second kappa shape index (κ2) is 4.49. The summed E-state index contributed by atoms with van der Waals surface area (Å²) < 4.78 is 15.2. The van der Waals surface area contributed by atoms with Gasteiger partial charge in [-0.15, -0.1) is 0 Å². The number of aromatic nitrogens is 2. The minimum Gasteiger partial charge on any atom is -0.266 e. The highest BCUT2D eigenvalue weighted by molar-refractivity contribution is 14.1. The molecule has 0 fully saturated rings. The van der Waals surface area contributed by atoms with Crippen molar-refractivity contribution >= 4 is 34.2 Å². The van der Waals surface area contributed by atoms with Crippen LogP contribution in [-0.2, 0) is 6.54 Å². The van der Waals surface area contributed by atoms with E-state index in [1.54, 1.807) is 23.0 Å². The predicted molar refractivity (Wildman–Crippen MR) is 65.5 cm³/mol. The Morgan fingerprint density at radius 2 is 2.00 bits per heavy atom. The summed E-state index contributed by atoms with van der Waals surface area (Å²) in [7, 11) is 0. The molecule has 2 rings (SSSR count). The molecule has 1 heterocycles. The molecule has 2 nitrogen and oxygen atoms in total. The zero-order chi connectivity index (χ0) is 10.8. The van der Waals surface area contributed by atoms with Gasteiger partial charge in [0.2, 0.25) is 0 Å². The van der Waals surface area contributed by atoms with Crippen LogP contribution in [0, 0.1) is 9.52 Å². The summed E-state index contributed by atoms with van der Waals surface area (Å²) >= 11 is 7.94. The van der Waals surface area contributed by atoms with Crippen LogP contribution in [0.15, 0.2) is 30.5 Å². The van der Waals surface area contributed by atoms with Gasteiger partial charge in [-0.05, 0) is 40.3 Å². The summed E-state index contributed by atoms with van der Waals surface area (Å²) in [6.45, 7) is 0.600. The van der Waals surface area contributed by atoms with Gasteiger partial charge in [-0.25, -0.2) is 4.39 Å². The summed E-state index contributed by atoms with van der Waals surface area (Å²) in [5, 5.41) is 4.84. The zero-order valence-electron chi connectivity index (χ0n) is 7.62. The van der Waals surface area contributed by atoms with Gasteiger partial charge in [-0.1, -0.05) is 23.7 Å². The highest BCUT2D eigenvalue weighted by Crippen LogP contribution is 2.16. The Bertz CT molecular complexity index is 447. The molecule has 2 aromatic rings. The molecule has 0 atom stereocenters. The lowest BCUT2D eigenvalue weighted by atomic mass is 10.2. The van der Waals surface area contributed by atoms with Crippen LogP contribution in [0.25, 0.3) is 0 Å². The van der Waals surface area contributed by atoms with E-state index < -0.39 is 0 Å². The van der Waals surface area contributed by atoms with E-state index in [2.05, 4.69) is 27.7 Å². The van der Waals surface area contributed by atoms with Crippen LogP contribution in [0.5, 0.6) is 0 Å². The molecule has 0 amide bonds. The van der Waals surface area contributed by atoms with E-state index in [0.717, 1.165) is 9.26 Å². The number of nitrogens with zero attached hydrogens (tertiary/aromatic N) is 2. The summed E-state index contributed by atoms with van der Waals surface area (Å²) in [5.74, 6) is -0.230. The molecule has 0 bridgehead atoms. The fraction of sp³-hybridized carbons (Fsp3) is 0.100. The van der Waals surface area contributed by atoms with E-state index in [9.17, 15) is 4.39 Å². The maximum Gasteiger partial charge on any atom is 0.141 e. The van der Waals surface area contributed by atoms with E-state index in [-0.39, 0.29) is 5.82 Å². The van der Waals surface area contributed by atoms with E-state index in [4.69, 9.17) is 11.6 Å². The van der Waals surface area contributed by atoms with E-state index in [1.165, 1.54) is 12.1 Å². The van der Waals surface area contributed by atoms with Crippen molar-refractivity contribution in [3.63, 3.8) is 0 Å². The van der Waals surface area contributed by atoms with Crippen molar-refractivity contribution in [2.75, 3.05) is 0 Å². The van der Waals surface area contributed by atoms with Crippen LogP contribution >= 0.6 is 34.2 Å². The van der Waals surface area contributed by atoms with Gasteiger partial charge in [-0.3, -0.25) is 4.68 Å². The number of rotatable bonds is 2. The molecular weight excluding hydrogens is 329 g/mol. The SMILES string of the molecule is Fc1ccc(Cn2cc(Cl)c(I)n2)cc1. The minimum atomic E-state index is -0.230. The Hall–Kier alpha value is -0.620. The van der Waals surface area contributed by atoms with Crippen molar-refractivity contribution in [1.29, 1.82) is 0 Å². The molecule has 5 heteroatoms. The second-order valence-corrected chi connectivity index (χ2v) is 4.52. The first-order chi connectivity index (χ1) is 7.15. The van der Waals surface area contributed by atoms with Gasteiger partial charge in [0.25, 0.3) is 0 Å². The average Bonchev–Trinajstić information content (AvgIpc) is 2.50. The number of hydrogen-bond acceptors (Lipinski definition) is 1. The fourth-order valence-corrected chi connectivity index (χ4v) is 1.80. The first-order valence-electron chi connectivity index (χ1n) is 4.28. The molecule has 0 spiro atoms. The van der Waals surface area contributed by atoms with E-state index in [1.807, 2.05) is 0 Å². The Balaban J connectivity index is 2.18. The summed E-state index contributed by atoms with van der Waals surface area (Å²) in [5.41, 5.74) is 0.993. The van der Waals surface area contributed by atoms with Crippen molar-refractivity contribution < 1.29 is 4.39 Å². The highest BCUT2D eigenvalue weighted by Gasteiger charge is 2.03. The molecule has 0 aliphatic carbocycles. The van der Waals surface area contributed by atoms with Crippen molar-refractivity contribution in [1.82, 2.24) is 9.78 Å². The lowest BCUT2D eigenvalue weighted by molar-refractivity contribution is 0.624. The number of benzene rings is 1. The lowest BCUT2D eigenvalue weighted by Gasteiger charge is -2.00. The van der Waals surface area contributed by atoms with Gasteiger partial charge in [-0.2, -0.15) is 5.10 Å². The molecule has 1 aromatic heterocycles. The normalized spacial score (nSPS) is 10.6. The minimum absolute atomic E-state index is 0.230. The molecule has 1 aromatic carbocycles. The van der Waals surface area contributed by atoms with Gasteiger partial charge in [0.15, 0.2) is 0 Å². The first kappa shape index (κ1) is 10.9. The van der Waals surface area contributed by atoms with Crippen LogP contribution in [0.1, 0.15) is 5.56 Å². The largest absolute Gasteiger partial charge is 0.266 e. The maximum atomic E-state index is 12.6. The van der Waals surface area contributed by atoms with Crippen LogP contribution in [-0.4, -0.2) is 9.78 Å². The molecule has 15 heavy (non-hydrogen) atoms. The van der Waals surface area contributed by atoms with Crippen molar-refractivity contribution in [2.45, 2.75) is 6.54 Å².